The van der Waals surface area contributed by atoms with Gasteiger partial charge in [-0.05, 0) is 73.8 Å². The fourth-order valence-corrected chi connectivity index (χ4v) is 11.2. The summed E-state index contributed by atoms with van der Waals surface area (Å²) in [6.07, 6.45) is 0. The molecule has 2 aliphatic rings. The molecular weight excluding hydrogens is 747 g/mol. The van der Waals surface area contributed by atoms with Gasteiger partial charge in [-0.25, -0.2) is 15.0 Å². The van der Waals surface area contributed by atoms with Crippen molar-refractivity contribution in [1.82, 2.24) is 15.0 Å². The number of hydrogen-bond acceptors (Lipinski definition) is 4. The van der Waals surface area contributed by atoms with Crippen LogP contribution in [0.5, 0.6) is 0 Å². The summed E-state index contributed by atoms with van der Waals surface area (Å²) in [4.78, 5) is 15.6. The number of benzene rings is 8. The molecule has 284 valence electrons. The Hall–Kier alpha value is -7.21. The summed E-state index contributed by atoms with van der Waals surface area (Å²) in [6, 6.07) is 65.5. The Kier molecular flexibility index (Phi) is 7.48. The van der Waals surface area contributed by atoms with Gasteiger partial charge >= 0.3 is 0 Å². The molecule has 60 heavy (non-hydrogen) atoms. The normalized spacial score (nSPS) is 13.4. The molecular formula is C55H39N3OSi. The second-order valence-corrected chi connectivity index (χ2v) is 22.2. The van der Waals surface area contributed by atoms with Gasteiger partial charge in [0.1, 0.15) is 11.2 Å². The van der Waals surface area contributed by atoms with Crippen LogP contribution in [0, 0.1) is 0 Å². The third kappa shape index (κ3) is 4.99. The molecule has 0 aliphatic heterocycles. The van der Waals surface area contributed by atoms with Crippen molar-refractivity contribution in [1.29, 1.82) is 0 Å². The zero-order valence-corrected chi connectivity index (χ0v) is 34.6. The monoisotopic (exact) mass is 785 g/mol. The van der Waals surface area contributed by atoms with E-state index in [1.54, 1.807) is 0 Å². The highest BCUT2D eigenvalue weighted by atomic mass is 28.3. The van der Waals surface area contributed by atoms with E-state index in [-0.39, 0.29) is 0 Å². The molecule has 0 saturated heterocycles. The minimum absolute atomic E-state index is 0.527. The minimum Gasteiger partial charge on any atom is -0.456 e. The SMILES string of the molecule is C[Si](C)(C)c1ccc2c(c1)C1(c3ccccc3-c3ccccc31)c1c(-c3cc(-c4nc(-c5ccccc5)nc(-c5ccccc5)n4)c4c(c3)oc3ccccc34)cccc1-2. The average molecular weight is 786 g/mol. The van der Waals surface area contributed by atoms with Gasteiger partial charge in [0.05, 0.1) is 13.5 Å². The summed E-state index contributed by atoms with van der Waals surface area (Å²) in [7, 11) is -1.69. The van der Waals surface area contributed by atoms with E-state index in [9.17, 15) is 0 Å². The smallest absolute Gasteiger partial charge is 0.164 e. The van der Waals surface area contributed by atoms with Gasteiger partial charge in [0.25, 0.3) is 0 Å². The first-order chi connectivity index (χ1) is 29.4. The van der Waals surface area contributed by atoms with Gasteiger partial charge < -0.3 is 4.42 Å². The Labute approximate surface area is 349 Å². The predicted molar refractivity (Wildman–Crippen MR) is 248 cm³/mol. The van der Waals surface area contributed by atoms with Gasteiger partial charge in [0.15, 0.2) is 17.5 Å². The first-order valence-corrected chi connectivity index (χ1v) is 24.2. The van der Waals surface area contributed by atoms with Gasteiger partial charge in [-0.15, -0.1) is 0 Å². The van der Waals surface area contributed by atoms with Crippen LogP contribution in [-0.4, -0.2) is 23.0 Å². The molecule has 0 N–H and O–H groups in total. The van der Waals surface area contributed by atoms with E-state index < -0.39 is 13.5 Å². The first kappa shape index (κ1) is 34.8. The number of hydrogen-bond donors (Lipinski definition) is 0. The standard InChI is InChI=1S/C55H39N3OSi/c1-60(2,3)37-29-30-41-42-25-16-24-38(51(42)55(47(41)33-37)45-26-13-10-21-39(45)40-22-11-14-27-46(40)55)36-31-44(50-43-23-12-15-28-48(43)59-49(50)32-36)54-57-52(34-17-6-4-7-18-34)56-53(58-54)35-19-8-5-9-20-35/h4-33H,1-3H3. The molecule has 0 unspecified atom stereocenters. The van der Waals surface area contributed by atoms with Crippen LogP contribution in [0.15, 0.2) is 186 Å². The molecule has 10 aromatic rings. The van der Waals surface area contributed by atoms with Crippen LogP contribution < -0.4 is 5.19 Å². The third-order valence-corrected chi connectivity index (χ3v) is 14.7. The van der Waals surface area contributed by atoms with Crippen molar-refractivity contribution in [2.75, 3.05) is 0 Å². The highest BCUT2D eigenvalue weighted by Crippen LogP contribution is 2.64. The lowest BCUT2D eigenvalue weighted by molar-refractivity contribution is 0.669. The van der Waals surface area contributed by atoms with Crippen LogP contribution in [0.4, 0.5) is 0 Å². The molecule has 0 saturated carbocycles. The average Bonchev–Trinajstić information content (AvgIpc) is 3.93. The lowest BCUT2D eigenvalue weighted by Crippen LogP contribution is -2.38. The van der Waals surface area contributed by atoms with Crippen molar-refractivity contribution < 1.29 is 4.42 Å². The van der Waals surface area contributed by atoms with Crippen LogP contribution >= 0.6 is 0 Å². The van der Waals surface area contributed by atoms with Crippen molar-refractivity contribution in [3.8, 4) is 67.5 Å². The molecule has 8 aromatic carbocycles. The molecule has 0 atom stereocenters. The van der Waals surface area contributed by atoms with Gasteiger partial charge in [-0.3, -0.25) is 0 Å². The summed E-state index contributed by atoms with van der Waals surface area (Å²) in [5.41, 5.74) is 16.5. The fraction of sp³-hybridized carbons (Fsp3) is 0.0727. The van der Waals surface area contributed by atoms with Crippen LogP contribution in [0.25, 0.3) is 89.5 Å². The Morgan fingerprint density at radius 1 is 0.400 bits per heavy atom. The number of nitrogens with zero attached hydrogens (tertiary/aromatic N) is 3. The summed E-state index contributed by atoms with van der Waals surface area (Å²) < 4.78 is 6.80. The van der Waals surface area contributed by atoms with E-state index in [2.05, 4.69) is 153 Å². The lowest BCUT2D eigenvalue weighted by Gasteiger charge is -2.33. The third-order valence-electron chi connectivity index (χ3n) is 12.7. The summed E-state index contributed by atoms with van der Waals surface area (Å²) in [5.74, 6) is 1.85. The van der Waals surface area contributed by atoms with E-state index >= 15 is 0 Å². The van der Waals surface area contributed by atoms with Crippen LogP contribution in [0.1, 0.15) is 22.3 Å². The number of furan rings is 1. The van der Waals surface area contributed by atoms with Gasteiger partial charge in [0.2, 0.25) is 0 Å². The van der Waals surface area contributed by atoms with Gasteiger partial charge in [-0.2, -0.15) is 0 Å². The summed E-state index contributed by atoms with van der Waals surface area (Å²) in [6.45, 7) is 7.34. The summed E-state index contributed by atoms with van der Waals surface area (Å²) >= 11 is 0. The maximum atomic E-state index is 6.80. The van der Waals surface area contributed by atoms with Crippen LogP contribution in [-0.2, 0) is 5.41 Å². The van der Waals surface area contributed by atoms with Crippen LogP contribution in [0.3, 0.4) is 0 Å². The fourth-order valence-electron chi connectivity index (χ4n) is 10.0. The number of rotatable bonds is 5. The second kappa shape index (κ2) is 12.9. The molecule has 0 amide bonds. The Morgan fingerprint density at radius 3 is 1.62 bits per heavy atom. The van der Waals surface area contributed by atoms with E-state index in [1.165, 1.54) is 49.7 Å². The molecule has 2 aliphatic carbocycles. The summed E-state index contributed by atoms with van der Waals surface area (Å²) in [5, 5.41) is 3.47. The lowest BCUT2D eigenvalue weighted by atomic mass is 9.68. The highest BCUT2D eigenvalue weighted by Gasteiger charge is 2.53. The quantitative estimate of drug-likeness (QED) is 0.163. The predicted octanol–water partition coefficient (Wildman–Crippen LogP) is 13.3. The van der Waals surface area contributed by atoms with Crippen molar-refractivity contribution in [2.24, 2.45) is 0 Å². The Balaban J connectivity index is 1.19. The van der Waals surface area contributed by atoms with E-state index in [0.717, 1.165) is 49.8 Å². The Bertz CT molecular complexity index is 3260. The van der Waals surface area contributed by atoms with E-state index in [0.29, 0.717) is 17.5 Å². The van der Waals surface area contributed by atoms with Crippen LogP contribution in [0.2, 0.25) is 19.6 Å². The molecule has 2 aromatic heterocycles. The number of aromatic nitrogens is 3. The zero-order valence-electron chi connectivity index (χ0n) is 33.6. The zero-order chi connectivity index (χ0) is 40.2. The molecule has 5 heteroatoms. The largest absolute Gasteiger partial charge is 0.456 e. The van der Waals surface area contributed by atoms with Gasteiger partial charge in [-0.1, -0.05) is 189 Å². The van der Waals surface area contributed by atoms with Crippen molar-refractivity contribution in [3.63, 3.8) is 0 Å². The van der Waals surface area contributed by atoms with Crippen molar-refractivity contribution in [3.05, 3.63) is 204 Å². The molecule has 2 heterocycles. The number of fused-ring (bicyclic) bond motifs is 13. The van der Waals surface area contributed by atoms with Gasteiger partial charge in [0, 0.05) is 27.5 Å². The highest BCUT2D eigenvalue weighted by molar-refractivity contribution is 6.88. The first-order valence-electron chi connectivity index (χ1n) is 20.7. The Morgan fingerprint density at radius 2 is 0.950 bits per heavy atom. The maximum absolute atomic E-state index is 6.80. The van der Waals surface area contributed by atoms with Crippen molar-refractivity contribution >= 4 is 35.2 Å². The molecule has 4 nitrogen and oxygen atoms in total. The molecule has 1 spiro atoms. The maximum Gasteiger partial charge on any atom is 0.164 e. The second-order valence-electron chi connectivity index (χ2n) is 17.1. The minimum atomic E-state index is -1.69. The van der Waals surface area contributed by atoms with E-state index in [1.807, 2.05) is 48.5 Å². The number of para-hydroxylation sites is 1. The topological polar surface area (TPSA) is 51.8 Å². The molecule has 0 radical (unpaired) electrons. The molecule has 0 fully saturated rings. The van der Waals surface area contributed by atoms with Crippen molar-refractivity contribution in [2.45, 2.75) is 25.1 Å². The molecule has 12 rings (SSSR count). The molecule has 0 bridgehead atoms. The van der Waals surface area contributed by atoms with E-state index in [4.69, 9.17) is 19.4 Å².